The second-order valence-electron chi connectivity index (χ2n) is 4.79. The minimum absolute atomic E-state index is 0.313. The summed E-state index contributed by atoms with van der Waals surface area (Å²) in [7, 11) is 0. The molecule has 0 saturated heterocycles. The predicted molar refractivity (Wildman–Crippen MR) is 85.3 cm³/mol. The van der Waals surface area contributed by atoms with Crippen molar-refractivity contribution in [1.82, 2.24) is 5.32 Å². The van der Waals surface area contributed by atoms with E-state index >= 15 is 0 Å². The first-order valence-corrected chi connectivity index (χ1v) is 7.87. The van der Waals surface area contributed by atoms with E-state index in [0.717, 1.165) is 10.1 Å². The van der Waals surface area contributed by atoms with Gasteiger partial charge in [-0.15, -0.1) is 11.3 Å². The molecule has 0 aliphatic carbocycles. The lowest BCUT2D eigenvalue weighted by Gasteiger charge is -2.27. The third-order valence-corrected chi connectivity index (χ3v) is 5.38. The van der Waals surface area contributed by atoms with Crippen LogP contribution >= 0.6 is 22.9 Å². The van der Waals surface area contributed by atoms with Crippen LogP contribution in [0.3, 0.4) is 0 Å². The maximum atomic E-state index is 12.4. The van der Waals surface area contributed by atoms with Crippen LogP contribution < -0.4 is 5.32 Å². The molecule has 1 aromatic carbocycles. The number of hydrogen-bond donors (Lipinski definition) is 2. The topological polar surface area (TPSA) is 66.4 Å². The zero-order valence-electron chi connectivity index (χ0n) is 11.8. The highest BCUT2D eigenvalue weighted by Crippen LogP contribution is 2.35. The van der Waals surface area contributed by atoms with Crippen molar-refractivity contribution < 1.29 is 14.7 Å². The highest BCUT2D eigenvalue weighted by atomic mass is 35.5. The maximum Gasteiger partial charge on any atom is 0.329 e. The Balaban J connectivity index is 2.38. The van der Waals surface area contributed by atoms with E-state index in [4.69, 9.17) is 11.6 Å². The molecule has 2 aromatic rings. The molecule has 0 radical (unpaired) electrons. The third kappa shape index (κ3) is 2.76. The molecule has 0 aliphatic rings. The monoisotopic (exact) mass is 325 g/mol. The molecule has 21 heavy (non-hydrogen) atoms. The van der Waals surface area contributed by atoms with Gasteiger partial charge in [-0.3, -0.25) is 4.79 Å². The number of carboxylic acids is 1. The third-order valence-electron chi connectivity index (χ3n) is 3.71. The van der Waals surface area contributed by atoms with E-state index in [1.807, 2.05) is 24.3 Å². The van der Waals surface area contributed by atoms with Gasteiger partial charge in [-0.2, -0.15) is 0 Å². The molecule has 6 heteroatoms. The first-order valence-electron chi connectivity index (χ1n) is 6.68. The zero-order valence-corrected chi connectivity index (χ0v) is 13.3. The number of aliphatic carboxylic acids is 1. The molecule has 4 nitrogen and oxygen atoms in total. The van der Waals surface area contributed by atoms with Crippen molar-refractivity contribution in [3.05, 3.63) is 34.2 Å². The minimum Gasteiger partial charge on any atom is -0.480 e. The SMILES string of the molecule is CCC(CC)(NC(=O)c1sc2ccccc2c1Cl)C(=O)O. The van der Waals surface area contributed by atoms with E-state index in [0.29, 0.717) is 22.7 Å². The summed E-state index contributed by atoms with van der Waals surface area (Å²) in [6.45, 7) is 3.48. The Morgan fingerprint density at radius 1 is 1.29 bits per heavy atom. The van der Waals surface area contributed by atoms with Crippen LogP contribution in [-0.2, 0) is 4.79 Å². The van der Waals surface area contributed by atoms with Crippen LogP contribution in [0.25, 0.3) is 10.1 Å². The van der Waals surface area contributed by atoms with E-state index < -0.39 is 17.4 Å². The van der Waals surface area contributed by atoms with Crippen LogP contribution in [0.15, 0.2) is 24.3 Å². The van der Waals surface area contributed by atoms with Gasteiger partial charge in [0.25, 0.3) is 5.91 Å². The number of halogens is 1. The maximum absolute atomic E-state index is 12.4. The standard InChI is InChI=1S/C15H16ClNO3S/c1-3-15(4-2,14(19)20)17-13(18)12-11(16)9-7-5-6-8-10(9)21-12/h5-8H,3-4H2,1-2H3,(H,17,18)(H,19,20). The van der Waals surface area contributed by atoms with Gasteiger partial charge in [-0.1, -0.05) is 43.6 Å². The van der Waals surface area contributed by atoms with Crippen molar-refractivity contribution in [3.63, 3.8) is 0 Å². The van der Waals surface area contributed by atoms with Crippen molar-refractivity contribution in [2.24, 2.45) is 0 Å². The Morgan fingerprint density at radius 2 is 1.90 bits per heavy atom. The average molecular weight is 326 g/mol. The van der Waals surface area contributed by atoms with E-state index in [-0.39, 0.29) is 0 Å². The number of hydrogen-bond acceptors (Lipinski definition) is 3. The van der Waals surface area contributed by atoms with Gasteiger partial charge in [0.2, 0.25) is 0 Å². The number of carboxylic acid groups (broad SMARTS) is 1. The summed E-state index contributed by atoms with van der Waals surface area (Å²) in [5, 5.41) is 13.2. The van der Waals surface area contributed by atoms with Gasteiger partial charge in [0, 0.05) is 10.1 Å². The normalized spacial score (nSPS) is 11.6. The molecule has 2 N–H and O–H groups in total. The predicted octanol–water partition coefficient (Wildman–Crippen LogP) is 3.93. The second kappa shape index (κ2) is 6.03. The fourth-order valence-corrected chi connectivity index (χ4v) is 3.63. The van der Waals surface area contributed by atoms with Crippen LogP contribution in [0.4, 0.5) is 0 Å². The molecular weight excluding hydrogens is 310 g/mol. The van der Waals surface area contributed by atoms with Crippen LogP contribution in [-0.4, -0.2) is 22.5 Å². The first kappa shape index (κ1) is 15.8. The second-order valence-corrected chi connectivity index (χ2v) is 6.22. The number of nitrogens with one attached hydrogen (secondary N) is 1. The van der Waals surface area contributed by atoms with Crippen molar-refractivity contribution >= 4 is 44.9 Å². The number of rotatable bonds is 5. The van der Waals surface area contributed by atoms with Crippen LogP contribution in [0.5, 0.6) is 0 Å². The summed E-state index contributed by atoms with van der Waals surface area (Å²) in [4.78, 5) is 24.2. The molecular formula is C15H16ClNO3S. The molecule has 0 spiro atoms. The number of benzene rings is 1. The molecule has 0 bridgehead atoms. The lowest BCUT2D eigenvalue weighted by Crippen LogP contribution is -2.53. The molecule has 1 heterocycles. The fourth-order valence-electron chi connectivity index (χ4n) is 2.22. The largest absolute Gasteiger partial charge is 0.480 e. The van der Waals surface area contributed by atoms with E-state index in [1.165, 1.54) is 11.3 Å². The highest BCUT2D eigenvalue weighted by molar-refractivity contribution is 7.21. The Labute approximate surface area is 131 Å². The summed E-state index contributed by atoms with van der Waals surface area (Å²) in [5.74, 6) is -1.47. The average Bonchev–Trinajstić information content (AvgIpc) is 2.82. The van der Waals surface area contributed by atoms with Gasteiger partial charge in [0.1, 0.15) is 10.4 Å². The van der Waals surface area contributed by atoms with Crippen molar-refractivity contribution in [1.29, 1.82) is 0 Å². The Hall–Kier alpha value is -1.59. The Kier molecular flexibility index (Phi) is 4.54. The first-order chi connectivity index (χ1) is 9.95. The Bertz CT molecular complexity index is 691. The van der Waals surface area contributed by atoms with Gasteiger partial charge >= 0.3 is 5.97 Å². The molecule has 0 unspecified atom stereocenters. The zero-order chi connectivity index (χ0) is 15.6. The van der Waals surface area contributed by atoms with Crippen molar-refractivity contribution in [2.75, 3.05) is 0 Å². The molecule has 112 valence electrons. The lowest BCUT2D eigenvalue weighted by atomic mass is 9.93. The molecule has 2 rings (SSSR count). The molecule has 1 amide bonds. The lowest BCUT2D eigenvalue weighted by molar-refractivity contribution is -0.144. The van der Waals surface area contributed by atoms with Crippen LogP contribution in [0.1, 0.15) is 36.4 Å². The highest BCUT2D eigenvalue weighted by Gasteiger charge is 2.37. The number of carbonyl (C=O) groups excluding carboxylic acids is 1. The molecule has 0 saturated carbocycles. The molecule has 0 aliphatic heterocycles. The van der Waals surface area contributed by atoms with Gasteiger partial charge in [-0.05, 0) is 18.9 Å². The summed E-state index contributed by atoms with van der Waals surface area (Å²) in [5.41, 5.74) is -1.25. The van der Waals surface area contributed by atoms with Gasteiger partial charge in [-0.25, -0.2) is 4.79 Å². The smallest absolute Gasteiger partial charge is 0.329 e. The molecule has 0 atom stereocenters. The van der Waals surface area contributed by atoms with E-state index in [1.54, 1.807) is 13.8 Å². The van der Waals surface area contributed by atoms with E-state index in [9.17, 15) is 14.7 Å². The quantitative estimate of drug-likeness (QED) is 0.875. The fraction of sp³-hybridized carbons (Fsp3) is 0.333. The molecule has 0 fully saturated rings. The van der Waals surface area contributed by atoms with Crippen molar-refractivity contribution in [3.8, 4) is 0 Å². The van der Waals surface area contributed by atoms with E-state index in [2.05, 4.69) is 5.32 Å². The summed E-state index contributed by atoms with van der Waals surface area (Å²) in [6, 6.07) is 7.44. The number of fused-ring (bicyclic) bond motifs is 1. The summed E-state index contributed by atoms with van der Waals surface area (Å²) >= 11 is 7.52. The van der Waals surface area contributed by atoms with Crippen LogP contribution in [0, 0.1) is 0 Å². The van der Waals surface area contributed by atoms with Gasteiger partial charge < -0.3 is 10.4 Å². The van der Waals surface area contributed by atoms with Gasteiger partial charge in [0.15, 0.2) is 0 Å². The number of carbonyl (C=O) groups is 2. The number of amides is 1. The van der Waals surface area contributed by atoms with Gasteiger partial charge in [0.05, 0.1) is 5.02 Å². The summed E-state index contributed by atoms with van der Waals surface area (Å²) < 4.78 is 0.904. The Morgan fingerprint density at radius 3 is 2.43 bits per heavy atom. The minimum atomic E-state index is -1.25. The molecule has 1 aromatic heterocycles. The van der Waals surface area contributed by atoms with Crippen molar-refractivity contribution in [2.45, 2.75) is 32.2 Å². The number of thiophene rings is 1. The summed E-state index contributed by atoms with van der Waals surface area (Å²) in [6.07, 6.45) is 0.625. The van der Waals surface area contributed by atoms with Crippen LogP contribution in [0.2, 0.25) is 5.02 Å².